The Morgan fingerprint density at radius 2 is 1.89 bits per heavy atom. The zero-order valence-corrected chi connectivity index (χ0v) is 16.8. The maximum absolute atomic E-state index is 12.8. The molecule has 0 aliphatic carbocycles. The lowest BCUT2D eigenvalue weighted by Gasteiger charge is -2.10. The molecule has 4 rings (SSSR count). The van der Waals surface area contributed by atoms with Crippen LogP contribution in [0, 0.1) is 32.1 Å². The summed E-state index contributed by atoms with van der Waals surface area (Å²) in [6.45, 7) is 5.91. The molecule has 0 unspecified atom stereocenters. The molecule has 2 aromatic carbocycles. The number of aromatic nitrogens is 2. The lowest BCUT2D eigenvalue weighted by Crippen LogP contribution is -2.06. The molecule has 28 heavy (non-hydrogen) atoms. The molecule has 5 heteroatoms. The SMILES string of the molecule is Cc1ccc(C(=O)CSc2cc(C)c(C#N)c3nc4ccccc4n23)c(C)c1. The molecule has 0 fully saturated rings. The molecule has 4 nitrogen and oxygen atoms in total. The number of nitrogens with zero attached hydrogens (tertiary/aromatic N) is 3. The molecule has 2 heterocycles. The van der Waals surface area contributed by atoms with Crippen molar-refractivity contribution in [2.45, 2.75) is 25.8 Å². The van der Waals surface area contributed by atoms with Crippen LogP contribution in [0.2, 0.25) is 0 Å². The van der Waals surface area contributed by atoms with Crippen LogP contribution in [0.3, 0.4) is 0 Å². The number of fused-ring (bicyclic) bond motifs is 3. The summed E-state index contributed by atoms with van der Waals surface area (Å²) >= 11 is 1.48. The number of pyridine rings is 1. The standard InChI is InChI=1S/C23H19N3OS/c1-14-8-9-17(15(2)10-14)21(27)13-28-22-11-16(3)18(12-24)23-25-19-6-4-5-7-20(19)26(22)23/h4-11H,13H2,1-3H3. The Labute approximate surface area is 167 Å². The molecule has 4 aromatic rings. The molecule has 0 N–H and O–H groups in total. The van der Waals surface area contributed by atoms with Crippen LogP contribution < -0.4 is 0 Å². The van der Waals surface area contributed by atoms with Crippen LogP contribution >= 0.6 is 11.8 Å². The molecular formula is C23H19N3OS. The van der Waals surface area contributed by atoms with Crippen LogP contribution in [-0.2, 0) is 0 Å². The van der Waals surface area contributed by atoms with Crippen molar-refractivity contribution in [3.63, 3.8) is 0 Å². The number of Topliss-reactive ketones (excluding diaryl/α,β-unsaturated/α-hetero) is 1. The van der Waals surface area contributed by atoms with E-state index in [0.29, 0.717) is 17.0 Å². The second-order valence-electron chi connectivity index (χ2n) is 6.94. The van der Waals surface area contributed by atoms with Gasteiger partial charge in [0.25, 0.3) is 0 Å². The van der Waals surface area contributed by atoms with Crippen molar-refractivity contribution in [3.8, 4) is 6.07 Å². The summed E-state index contributed by atoms with van der Waals surface area (Å²) in [5.41, 5.74) is 6.77. The summed E-state index contributed by atoms with van der Waals surface area (Å²) in [6.07, 6.45) is 0. The molecule has 0 aliphatic heterocycles. The van der Waals surface area contributed by atoms with Gasteiger partial charge in [-0.3, -0.25) is 9.20 Å². The van der Waals surface area contributed by atoms with E-state index < -0.39 is 0 Å². The Balaban J connectivity index is 1.76. The van der Waals surface area contributed by atoms with Crippen LogP contribution in [0.5, 0.6) is 0 Å². The minimum Gasteiger partial charge on any atom is -0.293 e. The quantitative estimate of drug-likeness (QED) is 0.355. The minimum absolute atomic E-state index is 0.0992. The van der Waals surface area contributed by atoms with E-state index in [1.54, 1.807) is 0 Å². The number of nitriles is 1. The molecule has 0 bridgehead atoms. The number of aryl methyl sites for hydroxylation is 3. The summed E-state index contributed by atoms with van der Waals surface area (Å²) in [5, 5.41) is 10.5. The van der Waals surface area contributed by atoms with Crippen molar-refractivity contribution in [1.29, 1.82) is 5.26 Å². The highest BCUT2D eigenvalue weighted by Crippen LogP contribution is 2.30. The fraction of sp³-hybridized carbons (Fsp3) is 0.174. The van der Waals surface area contributed by atoms with Crippen molar-refractivity contribution >= 4 is 34.2 Å². The number of benzene rings is 2. The Morgan fingerprint density at radius 3 is 2.64 bits per heavy atom. The second-order valence-corrected chi connectivity index (χ2v) is 7.94. The first-order valence-corrected chi connectivity index (χ1v) is 10.0. The molecule has 0 spiro atoms. The summed E-state index contributed by atoms with van der Waals surface area (Å²) in [5.74, 6) is 0.429. The van der Waals surface area contributed by atoms with Gasteiger partial charge in [0.15, 0.2) is 11.4 Å². The van der Waals surface area contributed by atoms with Gasteiger partial charge in [0.1, 0.15) is 6.07 Å². The average Bonchev–Trinajstić information content (AvgIpc) is 3.05. The molecule has 2 aromatic heterocycles. The van der Waals surface area contributed by atoms with Crippen LogP contribution in [0.25, 0.3) is 16.7 Å². The smallest absolute Gasteiger partial charge is 0.173 e. The van der Waals surface area contributed by atoms with E-state index >= 15 is 0 Å². The first-order chi connectivity index (χ1) is 13.5. The fourth-order valence-electron chi connectivity index (χ4n) is 3.50. The predicted molar refractivity (Wildman–Crippen MR) is 113 cm³/mol. The van der Waals surface area contributed by atoms with Crippen molar-refractivity contribution < 1.29 is 4.79 Å². The van der Waals surface area contributed by atoms with Gasteiger partial charge in [-0.1, -0.05) is 47.7 Å². The van der Waals surface area contributed by atoms with Crippen molar-refractivity contribution in [2.24, 2.45) is 0 Å². The normalized spacial score (nSPS) is 11.1. The van der Waals surface area contributed by atoms with Crippen molar-refractivity contribution in [2.75, 3.05) is 5.75 Å². The molecular weight excluding hydrogens is 366 g/mol. The molecule has 0 amide bonds. The van der Waals surface area contributed by atoms with Gasteiger partial charge in [-0.25, -0.2) is 4.98 Å². The molecule has 0 radical (unpaired) electrons. The van der Waals surface area contributed by atoms with E-state index in [4.69, 9.17) is 0 Å². The zero-order valence-electron chi connectivity index (χ0n) is 16.0. The fourth-order valence-corrected chi connectivity index (χ4v) is 4.51. The van der Waals surface area contributed by atoms with E-state index in [1.807, 2.05) is 73.7 Å². The van der Waals surface area contributed by atoms with Crippen LogP contribution in [0.1, 0.15) is 32.6 Å². The van der Waals surface area contributed by atoms with E-state index in [0.717, 1.165) is 38.3 Å². The number of imidazole rings is 1. The summed E-state index contributed by atoms with van der Waals surface area (Å²) in [7, 11) is 0. The average molecular weight is 385 g/mol. The van der Waals surface area contributed by atoms with Crippen molar-refractivity contribution in [3.05, 3.63) is 76.3 Å². The van der Waals surface area contributed by atoms with Crippen LogP contribution in [0.15, 0.2) is 53.6 Å². The highest BCUT2D eigenvalue weighted by atomic mass is 32.2. The summed E-state index contributed by atoms with van der Waals surface area (Å²) in [6, 6.07) is 18.0. The summed E-state index contributed by atoms with van der Waals surface area (Å²) in [4.78, 5) is 17.5. The Morgan fingerprint density at radius 1 is 1.11 bits per heavy atom. The van der Waals surface area contributed by atoms with Gasteiger partial charge in [0.2, 0.25) is 0 Å². The third kappa shape index (κ3) is 3.06. The van der Waals surface area contributed by atoms with Gasteiger partial charge in [0.05, 0.1) is 27.4 Å². The van der Waals surface area contributed by atoms with E-state index in [-0.39, 0.29) is 5.78 Å². The number of carbonyl (C=O) groups is 1. The van der Waals surface area contributed by atoms with Gasteiger partial charge in [0, 0.05) is 5.56 Å². The Kier molecular flexibility index (Phi) is 4.66. The molecule has 0 saturated heterocycles. The molecule has 138 valence electrons. The largest absolute Gasteiger partial charge is 0.293 e. The first kappa shape index (κ1) is 18.3. The number of thioether (sulfide) groups is 1. The number of rotatable bonds is 4. The maximum atomic E-state index is 12.8. The molecule has 0 aliphatic rings. The zero-order chi connectivity index (χ0) is 19.8. The summed E-state index contributed by atoms with van der Waals surface area (Å²) < 4.78 is 1.99. The number of hydrogen-bond donors (Lipinski definition) is 0. The van der Waals surface area contributed by atoms with Gasteiger partial charge in [-0.15, -0.1) is 0 Å². The Hall–Kier alpha value is -3.10. The predicted octanol–water partition coefficient (Wildman–Crippen LogP) is 5.26. The van der Waals surface area contributed by atoms with E-state index in [2.05, 4.69) is 11.1 Å². The number of ketones is 1. The highest BCUT2D eigenvalue weighted by molar-refractivity contribution is 8.00. The number of para-hydroxylation sites is 2. The third-order valence-electron chi connectivity index (χ3n) is 4.88. The van der Waals surface area contributed by atoms with Crippen LogP contribution in [-0.4, -0.2) is 20.9 Å². The van der Waals surface area contributed by atoms with Crippen LogP contribution in [0.4, 0.5) is 0 Å². The maximum Gasteiger partial charge on any atom is 0.173 e. The van der Waals surface area contributed by atoms with Gasteiger partial charge in [-0.05, 0) is 50.1 Å². The van der Waals surface area contributed by atoms with Gasteiger partial charge < -0.3 is 0 Å². The Bertz CT molecular complexity index is 1280. The second kappa shape index (κ2) is 7.14. The lowest BCUT2D eigenvalue weighted by atomic mass is 10.0. The minimum atomic E-state index is 0.0992. The molecule has 0 atom stereocenters. The lowest BCUT2D eigenvalue weighted by molar-refractivity contribution is 0.102. The van der Waals surface area contributed by atoms with E-state index in [9.17, 15) is 10.1 Å². The monoisotopic (exact) mass is 385 g/mol. The van der Waals surface area contributed by atoms with Crippen molar-refractivity contribution in [1.82, 2.24) is 9.38 Å². The third-order valence-corrected chi connectivity index (χ3v) is 5.89. The van der Waals surface area contributed by atoms with E-state index in [1.165, 1.54) is 11.8 Å². The molecule has 0 saturated carbocycles. The topological polar surface area (TPSA) is 58.2 Å². The number of hydrogen-bond acceptors (Lipinski definition) is 4. The highest BCUT2D eigenvalue weighted by Gasteiger charge is 2.17. The van der Waals surface area contributed by atoms with Gasteiger partial charge >= 0.3 is 0 Å². The number of carbonyl (C=O) groups excluding carboxylic acids is 1. The first-order valence-electron chi connectivity index (χ1n) is 9.03. The van der Waals surface area contributed by atoms with Gasteiger partial charge in [-0.2, -0.15) is 5.26 Å².